The molecule has 0 amide bonds. The van der Waals surface area contributed by atoms with Crippen molar-refractivity contribution in [1.29, 1.82) is 0 Å². The van der Waals surface area contributed by atoms with E-state index in [4.69, 9.17) is 14.4 Å². The first-order chi connectivity index (χ1) is 9.65. The Bertz CT molecular complexity index is 343. The normalized spacial score (nSPS) is 11.2. The molecule has 4 nitrogen and oxygen atoms in total. The number of hydrogen-bond donors (Lipinski definition) is 1. The van der Waals surface area contributed by atoms with E-state index in [0.717, 1.165) is 25.0 Å². The summed E-state index contributed by atoms with van der Waals surface area (Å²) >= 11 is 0. The molecule has 2 unspecified atom stereocenters. The van der Waals surface area contributed by atoms with Crippen LogP contribution in [0.2, 0.25) is 0 Å². The molecule has 1 aromatic carbocycles. The summed E-state index contributed by atoms with van der Waals surface area (Å²) in [5.74, 6) is 0.0199. The fourth-order valence-corrected chi connectivity index (χ4v) is 1.60. The van der Waals surface area contributed by atoms with Crippen molar-refractivity contribution in [2.75, 3.05) is 6.61 Å². The highest BCUT2D eigenvalue weighted by atomic mass is 31.0. The number of carboxylic acid groups (broad SMARTS) is 1. The molecule has 0 fully saturated rings. The summed E-state index contributed by atoms with van der Waals surface area (Å²) in [7, 11) is 2.19. The molecule has 0 radical (unpaired) electrons. The third-order valence-electron chi connectivity index (χ3n) is 2.59. The maximum absolute atomic E-state index is 10.5. The van der Waals surface area contributed by atoms with Crippen LogP contribution in [0.15, 0.2) is 30.3 Å². The first kappa shape index (κ1) is 18.9. The van der Waals surface area contributed by atoms with Crippen molar-refractivity contribution in [2.24, 2.45) is 0 Å². The topological polar surface area (TPSA) is 55.8 Å². The maximum Gasteiger partial charge on any atom is 0.332 e. The molecule has 0 saturated heterocycles. The Morgan fingerprint density at radius 1 is 1.25 bits per heavy atom. The highest BCUT2D eigenvalue weighted by Crippen LogP contribution is 2.09. The molecule has 1 aromatic rings. The van der Waals surface area contributed by atoms with Crippen LogP contribution in [0.5, 0.6) is 5.75 Å². The van der Waals surface area contributed by atoms with Crippen molar-refractivity contribution in [1.82, 2.24) is 0 Å². The molecule has 0 aliphatic rings. The maximum atomic E-state index is 10.5. The molecule has 0 heterocycles. The van der Waals surface area contributed by atoms with E-state index in [1.807, 2.05) is 37.3 Å². The number of unbranched alkanes of at least 4 members (excludes halogenated alkanes) is 2. The smallest absolute Gasteiger partial charge is 0.332 e. The zero-order chi connectivity index (χ0) is 15.2. The largest absolute Gasteiger partial charge is 0.480 e. The average molecular weight is 300 g/mol. The van der Waals surface area contributed by atoms with Gasteiger partial charge in [-0.25, -0.2) is 4.79 Å². The van der Waals surface area contributed by atoms with E-state index >= 15 is 0 Å². The van der Waals surface area contributed by atoms with Crippen LogP contribution >= 0.6 is 9.47 Å². The quantitative estimate of drug-likeness (QED) is 0.584. The lowest BCUT2D eigenvalue weighted by Crippen LogP contribution is -2.23. The second kappa shape index (κ2) is 12.9. The van der Waals surface area contributed by atoms with E-state index < -0.39 is 12.1 Å². The minimum atomic E-state index is -0.853. The minimum absolute atomic E-state index is 0.543. The summed E-state index contributed by atoms with van der Waals surface area (Å²) in [5.41, 5.74) is 0. The molecule has 20 heavy (non-hydrogen) atoms. The van der Waals surface area contributed by atoms with Crippen molar-refractivity contribution in [3.05, 3.63) is 30.3 Å². The van der Waals surface area contributed by atoms with Crippen molar-refractivity contribution >= 4 is 15.4 Å². The molecule has 0 aromatic heterocycles. The van der Waals surface area contributed by atoms with Gasteiger partial charge in [-0.3, -0.25) is 0 Å². The van der Waals surface area contributed by atoms with Crippen LogP contribution in [0.1, 0.15) is 39.5 Å². The lowest BCUT2D eigenvalue weighted by Gasteiger charge is -2.10. The summed E-state index contributed by atoms with van der Waals surface area (Å²) in [5, 5.41) is 8.60. The van der Waals surface area contributed by atoms with E-state index in [1.54, 1.807) is 0 Å². The monoisotopic (exact) mass is 300 g/mol. The zero-order valence-electron chi connectivity index (χ0n) is 12.2. The fourth-order valence-electron chi connectivity index (χ4n) is 1.44. The van der Waals surface area contributed by atoms with Gasteiger partial charge in [0, 0.05) is 6.61 Å². The number of benzene rings is 1. The SMILES string of the molecule is CCCCCOC(CC)C(=O)O.POc1ccccc1. The van der Waals surface area contributed by atoms with E-state index in [9.17, 15) is 4.79 Å². The van der Waals surface area contributed by atoms with Gasteiger partial charge in [0.1, 0.15) is 5.75 Å². The third kappa shape index (κ3) is 9.76. The molecule has 0 aliphatic carbocycles. The Kier molecular flexibility index (Phi) is 12.2. The molecule has 1 rings (SSSR count). The van der Waals surface area contributed by atoms with Crippen LogP contribution in [-0.4, -0.2) is 23.8 Å². The second-order valence-electron chi connectivity index (χ2n) is 4.24. The molecule has 2 atom stereocenters. The highest BCUT2D eigenvalue weighted by molar-refractivity contribution is 7.10. The number of carbonyl (C=O) groups is 1. The predicted octanol–water partition coefficient (Wildman–Crippen LogP) is 3.91. The summed E-state index contributed by atoms with van der Waals surface area (Å²) in [6, 6.07) is 9.60. The summed E-state index contributed by atoms with van der Waals surface area (Å²) in [4.78, 5) is 10.5. The molecule has 0 saturated carbocycles. The first-order valence-electron chi connectivity index (χ1n) is 6.91. The van der Waals surface area contributed by atoms with Gasteiger partial charge in [0.2, 0.25) is 0 Å². The van der Waals surface area contributed by atoms with Crippen molar-refractivity contribution in [3.63, 3.8) is 0 Å². The van der Waals surface area contributed by atoms with Crippen LogP contribution in [-0.2, 0) is 9.53 Å². The third-order valence-corrected chi connectivity index (χ3v) is 2.86. The Hall–Kier alpha value is -1.12. The molecule has 0 spiro atoms. The number of aliphatic carboxylic acids is 1. The van der Waals surface area contributed by atoms with Crippen LogP contribution in [0.25, 0.3) is 0 Å². The number of ether oxygens (including phenoxy) is 1. The van der Waals surface area contributed by atoms with Crippen LogP contribution in [0.3, 0.4) is 0 Å². The van der Waals surface area contributed by atoms with E-state index in [2.05, 4.69) is 16.4 Å². The zero-order valence-corrected chi connectivity index (χ0v) is 13.4. The highest BCUT2D eigenvalue weighted by Gasteiger charge is 2.14. The van der Waals surface area contributed by atoms with Gasteiger partial charge in [-0.15, -0.1) is 0 Å². The van der Waals surface area contributed by atoms with Crippen LogP contribution < -0.4 is 4.52 Å². The number of hydrogen-bond acceptors (Lipinski definition) is 3. The average Bonchev–Trinajstić information content (AvgIpc) is 2.48. The lowest BCUT2D eigenvalue weighted by molar-refractivity contribution is -0.150. The Labute approximate surface area is 123 Å². The molecule has 5 heteroatoms. The van der Waals surface area contributed by atoms with Gasteiger partial charge in [0.25, 0.3) is 0 Å². The van der Waals surface area contributed by atoms with Crippen LogP contribution in [0.4, 0.5) is 0 Å². The van der Waals surface area contributed by atoms with E-state index in [-0.39, 0.29) is 0 Å². The van der Waals surface area contributed by atoms with Gasteiger partial charge in [-0.1, -0.05) is 44.9 Å². The fraction of sp³-hybridized carbons (Fsp3) is 0.533. The standard InChI is InChI=1S/C9H18O3.C6H7OP/c1-3-5-6-7-12-8(4-2)9(10)11;8-7-6-4-2-1-3-5-6/h8H,3-7H2,1-2H3,(H,10,11);1-5H,8H2. The number of carboxylic acids is 1. The summed E-state index contributed by atoms with van der Waals surface area (Å²) < 4.78 is 9.99. The molecule has 0 bridgehead atoms. The van der Waals surface area contributed by atoms with Gasteiger partial charge in [0.15, 0.2) is 6.10 Å². The molecule has 0 aliphatic heterocycles. The van der Waals surface area contributed by atoms with Crippen molar-refractivity contribution in [2.45, 2.75) is 45.6 Å². The molecular weight excluding hydrogens is 275 g/mol. The molecule has 1 N–H and O–H groups in total. The second-order valence-corrected chi connectivity index (χ2v) is 4.48. The van der Waals surface area contributed by atoms with Gasteiger partial charge < -0.3 is 14.4 Å². The van der Waals surface area contributed by atoms with E-state index in [1.165, 1.54) is 0 Å². The molecular formula is C15H25O4P. The van der Waals surface area contributed by atoms with Gasteiger partial charge in [-0.05, 0) is 25.0 Å². The van der Waals surface area contributed by atoms with Gasteiger partial charge in [-0.2, -0.15) is 0 Å². The summed E-state index contributed by atoms with van der Waals surface area (Å²) in [6.45, 7) is 4.49. The Balaban J connectivity index is 0.000000388. The minimum Gasteiger partial charge on any atom is -0.480 e. The van der Waals surface area contributed by atoms with Crippen molar-refractivity contribution < 1.29 is 19.2 Å². The Morgan fingerprint density at radius 3 is 2.30 bits per heavy atom. The first-order valence-corrected chi connectivity index (χ1v) is 7.39. The number of para-hydroxylation sites is 1. The summed E-state index contributed by atoms with van der Waals surface area (Å²) in [6.07, 6.45) is 3.13. The Morgan fingerprint density at radius 2 is 1.90 bits per heavy atom. The predicted molar refractivity (Wildman–Crippen MR) is 84.0 cm³/mol. The van der Waals surface area contributed by atoms with Gasteiger partial charge >= 0.3 is 5.97 Å². The van der Waals surface area contributed by atoms with Crippen LogP contribution in [0, 0.1) is 0 Å². The molecule has 114 valence electrons. The van der Waals surface area contributed by atoms with Crippen molar-refractivity contribution in [3.8, 4) is 5.75 Å². The van der Waals surface area contributed by atoms with E-state index in [0.29, 0.717) is 13.0 Å². The number of rotatable bonds is 8. The lowest BCUT2D eigenvalue weighted by atomic mass is 10.2. The van der Waals surface area contributed by atoms with Gasteiger partial charge in [0.05, 0.1) is 9.47 Å².